The largest absolute Gasteiger partial charge is 0.378 e. The van der Waals surface area contributed by atoms with Gasteiger partial charge in [-0.1, -0.05) is 27.2 Å². The zero-order valence-corrected chi connectivity index (χ0v) is 16.7. The standard InChI is InChI=1S/C20H38N4O/c1-5-6-13-25-18-14-17(20(18,2)3)23-19(21-4)22-15-9-11-24(12-10-15)16-7-8-16/h15-18H,5-14H2,1-4H3,(H2,21,22,23). The minimum absolute atomic E-state index is 0.167. The molecule has 0 amide bonds. The molecule has 1 aliphatic heterocycles. The third kappa shape index (κ3) is 4.68. The van der Waals surface area contributed by atoms with Crippen molar-refractivity contribution in [2.24, 2.45) is 10.4 Å². The predicted octanol–water partition coefficient (Wildman–Crippen LogP) is 2.76. The molecule has 1 heterocycles. The Hall–Kier alpha value is -0.810. The summed E-state index contributed by atoms with van der Waals surface area (Å²) < 4.78 is 6.06. The average Bonchev–Trinajstić information content (AvgIpc) is 3.45. The number of rotatable bonds is 7. The molecule has 1 saturated heterocycles. The van der Waals surface area contributed by atoms with Crippen molar-refractivity contribution in [2.45, 2.75) is 89.9 Å². The molecule has 2 N–H and O–H groups in total. The summed E-state index contributed by atoms with van der Waals surface area (Å²) in [7, 11) is 1.88. The van der Waals surface area contributed by atoms with Crippen molar-refractivity contribution in [1.82, 2.24) is 15.5 Å². The van der Waals surface area contributed by atoms with E-state index in [9.17, 15) is 0 Å². The van der Waals surface area contributed by atoms with Crippen LogP contribution in [0, 0.1) is 5.41 Å². The first-order chi connectivity index (χ1) is 12.0. The van der Waals surface area contributed by atoms with Crippen LogP contribution < -0.4 is 10.6 Å². The van der Waals surface area contributed by atoms with Gasteiger partial charge in [-0.15, -0.1) is 0 Å². The minimum Gasteiger partial charge on any atom is -0.378 e. The van der Waals surface area contributed by atoms with Gasteiger partial charge in [0.15, 0.2) is 5.96 Å². The molecule has 0 radical (unpaired) electrons. The van der Waals surface area contributed by atoms with Gasteiger partial charge in [-0.25, -0.2) is 0 Å². The van der Waals surface area contributed by atoms with Gasteiger partial charge < -0.3 is 20.3 Å². The maximum atomic E-state index is 6.06. The quantitative estimate of drug-likeness (QED) is 0.421. The number of nitrogens with zero attached hydrogens (tertiary/aromatic N) is 2. The Kier molecular flexibility index (Phi) is 6.26. The number of ether oxygens (including phenoxy) is 1. The van der Waals surface area contributed by atoms with Crippen LogP contribution in [0.4, 0.5) is 0 Å². The summed E-state index contributed by atoms with van der Waals surface area (Å²) >= 11 is 0. The molecule has 144 valence electrons. The number of hydrogen-bond donors (Lipinski definition) is 2. The van der Waals surface area contributed by atoms with Crippen molar-refractivity contribution in [3.8, 4) is 0 Å². The molecule has 2 atom stereocenters. The Morgan fingerprint density at radius 1 is 1.16 bits per heavy atom. The van der Waals surface area contributed by atoms with Crippen LogP contribution in [0.5, 0.6) is 0 Å². The molecule has 3 aliphatic rings. The van der Waals surface area contributed by atoms with Crippen LogP contribution in [-0.2, 0) is 4.74 Å². The number of hydrogen-bond acceptors (Lipinski definition) is 3. The molecule has 25 heavy (non-hydrogen) atoms. The van der Waals surface area contributed by atoms with E-state index in [2.05, 4.69) is 41.3 Å². The molecule has 0 aromatic heterocycles. The van der Waals surface area contributed by atoms with E-state index in [0.29, 0.717) is 18.2 Å². The zero-order valence-electron chi connectivity index (χ0n) is 16.7. The first-order valence-corrected chi connectivity index (χ1v) is 10.4. The summed E-state index contributed by atoms with van der Waals surface area (Å²) in [6.07, 6.45) is 9.10. The highest BCUT2D eigenvalue weighted by atomic mass is 16.5. The molecule has 2 unspecified atom stereocenters. The lowest BCUT2D eigenvalue weighted by atomic mass is 9.64. The molecule has 0 aromatic carbocycles. The normalized spacial score (nSPS) is 30.8. The van der Waals surface area contributed by atoms with E-state index < -0.39 is 0 Å². The van der Waals surface area contributed by atoms with E-state index >= 15 is 0 Å². The van der Waals surface area contributed by atoms with Crippen LogP contribution in [-0.4, -0.2) is 61.8 Å². The molecule has 3 rings (SSSR count). The van der Waals surface area contributed by atoms with Gasteiger partial charge in [-0.05, 0) is 38.5 Å². The summed E-state index contributed by atoms with van der Waals surface area (Å²) in [6.45, 7) is 10.2. The Balaban J connectivity index is 1.40. The number of unbranched alkanes of at least 4 members (excludes halogenated alkanes) is 1. The van der Waals surface area contributed by atoms with Crippen molar-refractivity contribution < 1.29 is 4.74 Å². The maximum Gasteiger partial charge on any atom is 0.191 e. The second-order valence-electron chi connectivity index (χ2n) is 8.72. The lowest BCUT2D eigenvalue weighted by Gasteiger charge is -2.52. The number of guanidine groups is 1. The van der Waals surface area contributed by atoms with Gasteiger partial charge in [0.1, 0.15) is 0 Å². The molecule has 2 saturated carbocycles. The number of piperidine rings is 1. The van der Waals surface area contributed by atoms with Crippen LogP contribution in [0.15, 0.2) is 4.99 Å². The van der Waals surface area contributed by atoms with Gasteiger partial charge in [-0.2, -0.15) is 0 Å². The van der Waals surface area contributed by atoms with Crippen molar-refractivity contribution in [1.29, 1.82) is 0 Å². The Morgan fingerprint density at radius 2 is 1.88 bits per heavy atom. The Morgan fingerprint density at radius 3 is 2.44 bits per heavy atom. The molecule has 2 aliphatic carbocycles. The average molecular weight is 351 g/mol. The fourth-order valence-corrected chi connectivity index (χ4v) is 4.16. The second-order valence-corrected chi connectivity index (χ2v) is 8.72. The van der Waals surface area contributed by atoms with Gasteiger partial charge in [0.2, 0.25) is 0 Å². The van der Waals surface area contributed by atoms with E-state index in [-0.39, 0.29) is 5.41 Å². The van der Waals surface area contributed by atoms with Gasteiger partial charge in [0.05, 0.1) is 6.10 Å². The van der Waals surface area contributed by atoms with Crippen molar-refractivity contribution in [3.63, 3.8) is 0 Å². The lowest BCUT2D eigenvalue weighted by molar-refractivity contribution is -0.113. The summed E-state index contributed by atoms with van der Waals surface area (Å²) in [5.41, 5.74) is 0.167. The highest BCUT2D eigenvalue weighted by Gasteiger charge is 2.49. The monoisotopic (exact) mass is 350 g/mol. The Bertz CT molecular complexity index is 453. The first kappa shape index (κ1) is 19.0. The molecule has 3 fully saturated rings. The molecule has 0 spiro atoms. The van der Waals surface area contributed by atoms with Gasteiger partial charge >= 0.3 is 0 Å². The summed E-state index contributed by atoms with van der Waals surface area (Å²) in [5, 5.41) is 7.31. The van der Waals surface area contributed by atoms with E-state index in [0.717, 1.165) is 31.4 Å². The molecule has 5 heteroatoms. The Labute approximate surface area is 154 Å². The number of nitrogens with one attached hydrogen (secondary N) is 2. The van der Waals surface area contributed by atoms with Crippen molar-refractivity contribution in [3.05, 3.63) is 0 Å². The maximum absolute atomic E-state index is 6.06. The smallest absolute Gasteiger partial charge is 0.191 e. The molecule has 0 bridgehead atoms. The molecular formula is C20H38N4O. The number of likely N-dealkylation sites (tertiary alicyclic amines) is 1. The minimum atomic E-state index is 0.167. The molecular weight excluding hydrogens is 312 g/mol. The summed E-state index contributed by atoms with van der Waals surface area (Å²) in [6, 6.07) is 1.90. The lowest BCUT2D eigenvalue weighted by Crippen LogP contribution is -2.64. The van der Waals surface area contributed by atoms with Crippen LogP contribution in [0.2, 0.25) is 0 Å². The van der Waals surface area contributed by atoms with E-state index in [1.54, 1.807) is 0 Å². The third-order valence-electron chi connectivity index (χ3n) is 6.46. The van der Waals surface area contributed by atoms with Gasteiger partial charge in [-0.3, -0.25) is 4.99 Å². The SMILES string of the molecule is CCCCOC1CC(NC(=NC)NC2CCN(C3CC3)CC2)C1(C)C. The van der Waals surface area contributed by atoms with Crippen LogP contribution in [0.3, 0.4) is 0 Å². The molecule has 5 nitrogen and oxygen atoms in total. The number of aliphatic imine (C=N–C) groups is 1. The predicted molar refractivity (Wildman–Crippen MR) is 104 cm³/mol. The van der Waals surface area contributed by atoms with Crippen molar-refractivity contribution in [2.75, 3.05) is 26.7 Å². The highest BCUT2D eigenvalue weighted by molar-refractivity contribution is 5.80. The van der Waals surface area contributed by atoms with Gasteiger partial charge in [0.25, 0.3) is 0 Å². The topological polar surface area (TPSA) is 48.9 Å². The first-order valence-electron chi connectivity index (χ1n) is 10.4. The summed E-state index contributed by atoms with van der Waals surface area (Å²) in [5.74, 6) is 0.968. The van der Waals surface area contributed by atoms with E-state index in [4.69, 9.17) is 4.74 Å². The van der Waals surface area contributed by atoms with E-state index in [1.807, 2.05) is 7.05 Å². The second kappa shape index (κ2) is 8.26. The fourth-order valence-electron chi connectivity index (χ4n) is 4.16. The van der Waals surface area contributed by atoms with Crippen LogP contribution >= 0.6 is 0 Å². The third-order valence-corrected chi connectivity index (χ3v) is 6.46. The fraction of sp³-hybridized carbons (Fsp3) is 0.950. The molecule has 0 aromatic rings. The van der Waals surface area contributed by atoms with Crippen molar-refractivity contribution >= 4 is 5.96 Å². The van der Waals surface area contributed by atoms with Gasteiger partial charge in [0, 0.05) is 50.3 Å². The zero-order chi connectivity index (χ0) is 17.9. The van der Waals surface area contributed by atoms with Crippen LogP contribution in [0.25, 0.3) is 0 Å². The summed E-state index contributed by atoms with van der Waals surface area (Å²) in [4.78, 5) is 7.14. The van der Waals surface area contributed by atoms with Crippen LogP contribution in [0.1, 0.15) is 65.7 Å². The van der Waals surface area contributed by atoms with E-state index in [1.165, 1.54) is 45.2 Å². The highest BCUT2D eigenvalue weighted by Crippen LogP contribution is 2.42.